The molecule has 3 rings (SSSR count). The van der Waals surface area contributed by atoms with Crippen molar-refractivity contribution in [3.8, 4) is 0 Å². The molecule has 0 spiro atoms. The van der Waals surface area contributed by atoms with Gasteiger partial charge in [0, 0.05) is 0 Å². The molecule has 0 bridgehead atoms. The van der Waals surface area contributed by atoms with Gasteiger partial charge in [0.1, 0.15) is 0 Å². The van der Waals surface area contributed by atoms with Crippen LogP contribution in [0.15, 0.2) is 9.67 Å². The Morgan fingerprint density at radius 1 is 1.11 bits per heavy atom. The number of nitrogens with zero attached hydrogens (tertiary/aromatic N) is 1. The fourth-order valence-electron chi connectivity index (χ4n) is 5.64. The number of amides is 1. The third kappa shape index (κ3) is 4.36. The fourth-order valence-corrected chi connectivity index (χ4v) is 21.2. The number of hydrogen-bond donors (Lipinski definition) is 1. The van der Waals surface area contributed by atoms with Crippen LogP contribution in [0.5, 0.6) is 0 Å². The van der Waals surface area contributed by atoms with Crippen molar-refractivity contribution in [2.45, 2.75) is 104 Å². The summed E-state index contributed by atoms with van der Waals surface area (Å²) in [6.07, 6.45) is 8.86. The maximum absolute atomic E-state index is 12.1. The molecule has 3 aliphatic rings. The molecule has 4 atom stereocenters. The molecule has 1 N–H and O–H groups in total. The molecule has 5 heteroatoms. The fraction of sp³-hybridized carbons (Fsp3) is 0.864. The van der Waals surface area contributed by atoms with Crippen LogP contribution in [0.3, 0.4) is 0 Å². The van der Waals surface area contributed by atoms with E-state index in [2.05, 4.69) is 24.9 Å². The van der Waals surface area contributed by atoms with E-state index in [0.29, 0.717) is 5.92 Å². The number of rotatable bonds is 10. The molecular weight excluding hydrogens is 445 g/mol. The van der Waals surface area contributed by atoms with Gasteiger partial charge in [-0.3, -0.25) is 0 Å². The van der Waals surface area contributed by atoms with Gasteiger partial charge in [-0.1, -0.05) is 0 Å². The first-order chi connectivity index (χ1) is 13.1. The number of ether oxygens (including phenoxy) is 1. The van der Waals surface area contributed by atoms with Gasteiger partial charge < -0.3 is 0 Å². The third-order valence-corrected chi connectivity index (χ3v) is 21.4. The zero-order valence-corrected chi connectivity index (χ0v) is 20.4. The first-order valence-electron chi connectivity index (χ1n) is 11.4. The molecule has 2 unspecified atom stereocenters. The van der Waals surface area contributed by atoms with E-state index in [1.807, 2.05) is 4.90 Å². The summed E-state index contributed by atoms with van der Waals surface area (Å²) in [7, 11) is 0. The Balaban J connectivity index is 1.91. The Labute approximate surface area is 169 Å². The van der Waals surface area contributed by atoms with Gasteiger partial charge in [-0.25, -0.2) is 0 Å². The monoisotopic (exact) mass is 485 g/mol. The third-order valence-electron chi connectivity index (χ3n) is 7.13. The molecule has 0 aromatic rings. The molecule has 1 saturated carbocycles. The Morgan fingerprint density at radius 3 is 2.26 bits per heavy atom. The van der Waals surface area contributed by atoms with Gasteiger partial charge in [0.2, 0.25) is 0 Å². The predicted octanol–water partition coefficient (Wildman–Crippen LogP) is 5.28. The Hall–Kier alpha value is -0.231. The first-order valence-corrected chi connectivity index (χ1v) is 19.1. The SMILES string of the molecule is CCC[CH2][Sn](/[CH]=C1\C(O)[C@H]2OC(=O)N3CCC[C@@H]1C23)([CH2]CCC)[CH2]CCC. The van der Waals surface area contributed by atoms with Crippen LogP contribution in [0.25, 0.3) is 0 Å². The summed E-state index contributed by atoms with van der Waals surface area (Å²) in [5.74, 6) is 0.339. The number of carbonyl (C=O) groups is 1. The average Bonchev–Trinajstić information content (AvgIpc) is 3.15. The van der Waals surface area contributed by atoms with E-state index in [1.165, 1.54) is 57.4 Å². The Morgan fingerprint density at radius 2 is 1.70 bits per heavy atom. The number of aliphatic hydroxyl groups is 1. The number of hydrogen-bond acceptors (Lipinski definition) is 3. The molecule has 4 nitrogen and oxygen atoms in total. The van der Waals surface area contributed by atoms with Gasteiger partial charge in [-0.15, -0.1) is 0 Å². The molecule has 1 amide bonds. The summed E-state index contributed by atoms with van der Waals surface area (Å²) < 4.78 is 12.6. The zero-order valence-electron chi connectivity index (χ0n) is 17.6. The van der Waals surface area contributed by atoms with Crippen LogP contribution in [-0.2, 0) is 4.74 Å². The van der Waals surface area contributed by atoms with Gasteiger partial charge in [0.25, 0.3) is 0 Å². The predicted molar refractivity (Wildman–Crippen MR) is 112 cm³/mol. The minimum atomic E-state index is -2.47. The van der Waals surface area contributed by atoms with Crippen molar-refractivity contribution < 1.29 is 14.6 Å². The summed E-state index contributed by atoms with van der Waals surface area (Å²) >= 11 is -2.47. The summed E-state index contributed by atoms with van der Waals surface area (Å²) in [5.41, 5.74) is 1.28. The Kier molecular flexibility index (Phi) is 7.57. The van der Waals surface area contributed by atoms with Crippen LogP contribution in [0.2, 0.25) is 13.3 Å². The molecule has 27 heavy (non-hydrogen) atoms. The van der Waals surface area contributed by atoms with E-state index in [-0.39, 0.29) is 18.2 Å². The van der Waals surface area contributed by atoms with Crippen molar-refractivity contribution in [3.05, 3.63) is 9.67 Å². The number of aliphatic hydroxyl groups excluding tert-OH is 1. The van der Waals surface area contributed by atoms with Crippen LogP contribution in [-0.4, -0.2) is 59.3 Å². The van der Waals surface area contributed by atoms with Crippen LogP contribution >= 0.6 is 0 Å². The van der Waals surface area contributed by atoms with Crippen molar-refractivity contribution >= 4 is 24.5 Å². The molecule has 1 aliphatic carbocycles. The molecular formula is C22H39NO3Sn. The second kappa shape index (κ2) is 9.51. The van der Waals surface area contributed by atoms with Crippen LogP contribution in [0.1, 0.15) is 72.1 Å². The summed E-state index contributed by atoms with van der Waals surface area (Å²) in [4.78, 5) is 14.1. The van der Waals surface area contributed by atoms with Crippen LogP contribution < -0.4 is 0 Å². The number of piperidine rings is 1. The topological polar surface area (TPSA) is 49.8 Å². The van der Waals surface area contributed by atoms with E-state index >= 15 is 0 Å². The van der Waals surface area contributed by atoms with E-state index in [1.54, 1.807) is 0 Å². The van der Waals surface area contributed by atoms with Gasteiger partial charge >= 0.3 is 170 Å². The van der Waals surface area contributed by atoms with E-state index in [9.17, 15) is 9.90 Å². The first kappa shape index (κ1) is 21.5. The number of carbonyl (C=O) groups excluding carboxylic acids is 1. The van der Waals surface area contributed by atoms with E-state index in [4.69, 9.17) is 4.74 Å². The van der Waals surface area contributed by atoms with Gasteiger partial charge in [-0.2, -0.15) is 0 Å². The van der Waals surface area contributed by atoms with Crippen molar-refractivity contribution in [1.82, 2.24) is 4.90 Å². The zero-order chi connectivity index (χ0) is 19.4. The van der Waals surface area contributed by atoms with Crippen molar-refractivity contribution in [3.63, 3.8) is 0 Å². The molecule has 0 radical (unpaired) electrons. The number of unbranched alkanes of at least 4 members (excludes halogenated alkanes) is 3. The second-order valence-electron chi connectivity index (χ2n) is 9.04. The van der Waals surface area contributed by atoms with E-state index in [0.717, 1.165) is 19.4 Å². The summed E-state index contributed by atoms with van der Waals surface area (Å²) in [6, 6.07) is 0.0972. The van der Waals surface area contributed by atoms with E-state index < -0.39 is 24.5 Å². The van der Waals surface area contributed by atoms with Gasteiger partial charge in [0.05, 0.1) is 0 Å². The standard InChI is InChI=1S/C10H12NO3.3C4H9.Sn/c1-5-6-3-2-4-11-7(6)9(8(5)12)14-10(11)13;3*1-3-4-2;/h1,6-9,12H,2-4H2;3*1,3-4H2,2H3;/t6-,7?,8?,9-;;;;/m0..../s1. The molecule has 2 saturated heterocycles. The van der Waals surface area contributed by atoms with Crippen molar-refractivity contribution in [2.75, 3.05) is 6.54 Å². The maximum atomic E-state index is 12.1. The second-order valence-corrected chi connectivity index (χ2v) is 21.9. The van der Waals surface area contributed by atoms with Gasteiger partial charge in [0.15, 0.2) is 0 Å². The summed E-state index contributed by atoms with van der Waals surface area (Å²) in [6.45, 7) is 7.70. The molecule has 2 heterocycles. The Bertz CT molecular complexity index is 528. The van der Waals surface area contributed by atoms with Crippen LogP contribution in [0.4, 0.5) is 4.79 Å². The minimum absolute atomic E-state index is 0.0972. The quantitative estimate of drug-likeness (QED) is 0.430. The van der Waals surface area contributed by atoms with Crippen molar-refractivity contribution in [1.29, 1.82) is 0 Å². The molecule has 0 aromatic carbocycles. The summed E-state index contributed by atoms with van der Waals surface area (Å²) in [5, 5.41) is 11.1. The van der Waals surface area contributed by atoms with Gasteiger partial charge in [-0.05, 0) is 0 Å². The van der Waals surface area contributed by atoms with Crippen molar-refractivity contribution in [2.24, 2.45) is 5.92 Å². The normalized spacial score (nSPS) is 31.5. The molecule has 2 aliphatic heterocycles. The molecule has 154 valence electrons. The molecule has 3 fully saturated rings. The molecule has 0 aromatic heterocycles. The van der Waals surface area contributed by atoms with Crippen LogP contribution in [0, 0.1) is 5.92 Å². The average molecular weight is 484 g/mol.